The van der Waals surface area contributed by atoms with Gasteiger partial charge in [0.1, 0.15) is 6.10 Å². The van der Waals surface area contributed by atoms with Crippen LogP contribution in [-0.2, 0) is 9.53 Å². The second-order valence-electron chi connectivity index (χ2n) is 6.47. The molecule has 1 aromatic rings. The largest absolute Gasteiger partial charge is 0.394 e. The van der Waals surface area contributed by atoms with Gasteiger partial charge in [-0.2, -0.15) is 0 Å². The zero-order chi connectivity index (χ0) is 17.6. The molecule has 7 heteroatoms. The molecule has 1 fully saturated rings. The molecule has 1 aliphatic heterocycles. The molecule has 0 radical (unpaired) electrons. The number of hydrogen-bond donors (Lipinski definition) is 3. The minimum absolute atomic E-state index is 0.0579. The number of amides is 2. The standard InChI is InChI=1S/C18H23N3O4/c22-11-16-15(21-18(24)13-5-7-19-8-6-13)4-3-14(25-16)9-17(23)20-10-12-1-2-12/h3-8,12,14-16,22H,1-2,9-11H2,(H,20,23)(H,21,24)/t14-,15-,16+/m0/s1. The van der Waals surface area contributed by atoms with E-state index in [1.807, 2.05) is 0 Å². The number of hydrogen-bond acceptors (Lipinski definition) is 5. The quantitative estimate of drug-likeness (QED) is 0.622. The van der Waals surface area contributed by atoms with Crippen molar-refractivity contribution >= 4 is 11.8 Å². The molecule has 3 atom stereocenters. The monoisotopic (exact) mass is 345 g/mol. The first-order valence-electron chi connectivity index (χ1n) is 8.58. The Balaban J connectivity index is 1.53. The van der Waals surface area contributed by atoms with Gasteiger partial charge in [0.15, 0.2) is 0 Å². The zero-order valence-electron chi connectivity index (χ0n) is 13.9. The fourth-order valence-electron chi connectivity index (χ4n) is 2.71. The van der Waals surface area contributed by atoms with Crippen LogP contribution in [0.3, 0.4) is 0 Å². The van der Waals surface area contributed by atoms with Crippen LogP contribution in [0.2, 0.25) is 0 Å². The highest BCUT2D eigenvalue weighted by Gasteiger charge is 2.29. The molecule has 0 unspecified atom stereocenters. The van der Waals surface area contributed by atoms with Crippen molar-refractivity contribution in [3.8, 4) is 0 Å². The molecule has 1 aromatic heterocycles. The van der Waals surface area contributed by atoms with Gasteiger partial charge >= 0.3 is 0 Å². The summed E-state index contributed by atoms with van der Waals surface area (Å²) in [4.78, 5) is 28.0. The van der Waals surface area contributed by atoms with Gasteiger partial charge in [-0.1, -0.05) is 12.2 Å². The number of aromatic nitrogens is 1. The van der Waals surface area contributed by atoms with E-state index in [2.05, 4.69) is 15.6 Å². The van der Waals surface area contributed by atoms with Gasteiger partial charge in [0.2, 0.25) is 5.91 Å². The first-order valence-corrected chi connectivity index (χ1v) is 8.58. The first-order chi connectivity index (χ1) is 12.2. The molecule has 2 heterocycles. The number of ether oxygens (including phenoxy) is 1. The number of nitrogens with zero attached hydrogens (tertiary/aromatic N) is 1. The van der Waals surface area contributed by atoms with Crippen molar-refractivity contribution in [3.63, 3.8) is 0 Å². The van der Waals surface area contributed by atoms with Gasteiger partial charge in [-0.3, -0.25) is 14.6 Å². The Hall–Kier alpha value is -2.25. The summed E-state index contributed by atoms with van der Waals surface area (Å²) in [6.45, 7) is 0.481. The summed E-state index contributed by atoms with van der Waals surface area (Å²) in [7, 11) is 0. The number of aliphatic hydroxyl groups excluding tert-OH is 1. The summed E-state index contributed by atoms with van der Waals surface area (Å²) in [6.07, 6.45) is 8.23. The lowest BCUT2D eigenvalue weighted by molar-refractivity contribution is -0.125. The predicted molar refractivity (Wildman–Crippen MR) is 90.7 cm³/mol. The minimum Gasteiger partial charge on any atom is -0.394 e. The van der Waals surface area contributed by atoms with E-state index in [-0.39, 0.29) is 24.8 Å². The summed E-state index contributed by atoms with van der Waals surface area (Å²) in [5, 5.41) is 15.3. The van der Waals surface area contributed by atoms with Crippen LogP contribution in [0.4, 0.5) is 0 Å². The molecule has 0 spiro atoms. The maximum absolute atomic E-state index is 12.2. The van der Waals surface area contributed by atoms with Crippen molar-refractivity contribution in [2.24, 2.45) is 5.92 Å². The molecule has 3 N–H and O–H groups in total. The third-order valence-electron chi connectivity index (χ3n) is 4.37. The SMILES string of the molecule is O=C(C[C@@H]1C=C[C@H](NC(=O)c2ccncc2)[C@@H](CO)O1)NCC1CC1. The van der Waals surface area contributed by atoms with Gasteiger partial charge < -0.3 is 20.5 Å². The van der Waals surface area contributed by atoms with Gasteiger partial charge in [-0.05, 0) is 30.9 Å². The van der Waals surface area contributed by atoms with Gasteiger partial charge in [-0.25, -0.2) is 0 Å². The highest BCUT2D eigenvalue weighted by molar-refractivity contribution is 5.94. The second kappa shape index (κ2) is 8.22. The Kier molecular flexibility index (Phi) is 5.78. The summed E-state index contributed by atoms with van der Waals surface area (Å²) >= 11 is 0. The van der Waals surface area contributed by atoms with Crippen LogP contribution in [0, 0.1) is 5.92 Å². The van der Waals surface area contributed by atoms with Crippen molar-refractivity contribution in [2.45, 2.75) is 37.5 Å². The van der Waals surface area contributed by atoms with Crippen molar-refractivity contribution in [1.29, 1.82) is 0 Å². The topological polar surface area (TPSA) is 101 Å². The molecule has 0 bridgehead atoms. The number of rotatable bonds is 7. The lowest BCUT2D eigenvalue weighted by Crippen LogP contribution is -2.49. The van der Waals surface area contributed by atoms with Gasteiger partial charge in [0.05, 0.1) is 25.2 Å². The number of pyridine rings is 1. The molecule has 25 heavy (non-hydrogen) atoms. The Labute approximate surface area is 146 Å². The average Bonchev–Trinajstić information content (AvgIpc) is 3.46. The highest BCUT2D eigenvalue weighted by Crippen LogP contribution is 2.27. The third kappa shape index (κ3) is 5.11. The average molecular weight is 345 g/mol. The third-order valence-corrected chi connectivity index (χ3v) is 4.37. The Bertz CT molecular complexity index is 630. The van der Waals surface area contributed by atoms with Crippen LogP contribution in [0.5, 0.6) is 0 Å². The molecule has 0 aromatic carbocycles. The minimum atomic E-state index is -0.586. The first kappa shape index (κ1) is 17.6. The lowest BCUT2D eigenvalue weighted by atomic mass is 10.0. The summed E-state index contributed by atoms with van der Waals surface area (Å²) in [6, 6.07) is 2.78. The number of carbonyl (C=O) groups excluding carboxylic acids is 2. The van der Waals surface area contributed by atoms with Crippen LogP contribution in [0.15, 0.2) is 36.7 Å². The molecular weight excluding hydrogens is 322 g/mol. The van der Waals surface area contributed by atoms with Crippen LogP contribution in [0.1, 0.15) is 29.6 Å². The normalized spacial score (nSPS) is 25.4. The fraction of sp³-hybridized carbons (Fsp3) is 0.500. The van der Waals surface area contributed by atoms with Crippen molar-refractivity contribution in [3.05, 3.63) is 42.2 Å². The predicted octanol–water partition coefficient (Wildman–Crippen LogP) is 0.412. The van der Waals surface area contributed by atoms with Gasteiger partial charge in [0, 0.05) is 24.5 Å². The number of aliphatic hydroxyl groups is 1. The van der Waals surface area contributed by atoms with Gasteiger partial charge in [-0.15, -0.1) is 0 Å². The Morgan fingerprint density at radius 3 is 2.68 bits per heavy atom. The fourth-order valence-corrected chi connectivity index (χ4v) is 2.71. The van der Waals surface area contributed by atoms with E-state index in [0.29, 0.717) is 11.5 Å². The van der Waals surface area contributed by atoms with Crippen LogP contribution >= 0.6 is 0 Å². The van der Waals surface area contributed by atoms with Crippen molar-refractivity contribution < 1.29 is 19.4 Å². The number of nitrogens with one attached hydrogen (secondary N) is 2. The Morgan fingerprint density at radius 2 is 2.00 bits per heavy atom. The maximum atomic E-state index is 12.2. The van der Waals surface area contributed by atoms with Crippen LogP contribution in [0.25, 0.3) is 0 Å². The molecule has 134 valence electrons. The van der Waals surface area contributed by atoms with E-state index in [0.717, 1.165) is 6.54 Å². The molecule has 2 amide bonds. The van der Waals surface area contributed by atoms with Crippen molar-refractivity contribution in [2.75, 3.05) is 13.2 Å². The molecule has 1 saturated carbocycles. The highest BCUT2D eigenvalue weighted by atomic mass is 16.5. The zero-order valence-corrected chi connectivity index (χ0v) is 13.9. The second-order valence-corrected chi connectivity index (χ2v) is 6.47. The van der Waals surface area contributed by atoms with E-state index in [1.54, 1.807) is 36.7 Å². The van der Waals surface area contributed by atoms with Crippen LogP contribution in [-0.4, -0.2) is 53.3 Å². The van der Waals surface area contributed by atoms with E-state index in [4.69, 9.17) is 4.74 Å². The number of carbonyl (C=O) groups is 2. The molecule has 7 nitrogen and oxygen atoms in total. The van der Waals surface area contributed by atoms with E-state index in [1.165, 1.54) is 12.8 Å². The smallest absolute Gasteiger partial charge is 0.251 e. The van der Waals surface area contributed by atoms with E-state index >= 15 is 0 Å². The Morgan fingerprint density at radius 1 is 1.24 bits per heavy atom. The maximum Gasteiger partial charge on any atom is 0.251 e. The molecular formula is C18H23N3O4. The van der Waals surface area contributed by atoms with E-state index < -0.39 is 18.2 Å². The molecule has 1 aliphatic carbocycles. The van der Waals surface area contributed by atoms with Gasteiger partial charge in [0.25, 0.3) is 5.91 Å². The molecule has 3 rings (SSSR count). The van der Waals surface area contributed by atoms with Crippen LogP contribution < -0.4 is 10.6 Å². The van der Waals surface area contributed by atoms with Crippen molar-refractivity contribution in [1.82, 2.24) is 15.6 Å². The molecule has 2 aliphatic rings. The lowest BCUT2D eigenvalue weighted by Gasteiger charge is -2.31. The molecule has 0 saturated heterocycles. The summed E-state index contributed by atoms with van der Waals surface area (Å²) in [5.41, 5.74) is 0.488. The van der Waals surface area contributed by atoms with E-state index in [9.17, 15) is 14.7 Å². The summed E-state index contributed by atoms with van der Waals surface area (Å²) in [5.74, 6) is 0.307. The summed E-state index contributed by atoms with van der Waals surface area (Å²) < 4.78 is 5.75.